The molecule has 0 amide bonds. The third-order valence-electron chi connectivity index (χ3n) is 1.91. The minimum absolute atomic E-state index is 0.581. The van der Waals surface area contributed by atoms with Crippen LogP contribution in [-0.4, -0.2) is 0 Å². The van der Waals surface area contributed by atoms with Crippen molar-refractivity contribution in [3.05, 3.63) is 47.9 Å². The second kappa shape index (κ2) is 5.67. The largest absolute Gasteiger partial charge is 0.486 e. The SMILES string of the molecule is Brc1ccc(COc2c(Br)cccc2Br)s1. The summed E-state index contributed by atoms with van der Waals surface area (Å²) < 4.78 is 8.80. The van der Waals surface area contributed by atoms with E-state index in [1.165, 1.54) is 4.88 Å². The summed E-state index contributed by atoms with van der Waals surface area (Å²) in [6, 6.07) is 9.97. The van der Waals surface area contributed by atoms with Gasteiger partial charge < -0.3 is 4.74 Å². The molecule has 0 saturated carbocycles. The van der Waals surface area contributed by atoms with Crippen LogP contribution in [0.15, 0.2) is 43.1 Å². The maximum Gasteiger partial charge on any atom is 0.148 e. The van der Waals surface area contributed by atoms with Crippen LogP contribution in [0.25, 0.3) is 0 Å². The van der Waals surface area contributed by atoms with Gasteiger partial charge in [-0.05, 0) is 72.1 Å². The third-order valence-corrected chi connectivity index (χ3v) is 4.75. The van der Waals surface area contributed by atoms with Crippen molar-refractivity contribution in [1.82, 2.24) is 0 Å². The molecular weight excluding hydrogens is 420 g/mol. The first-order chi connectivity index (χ1) is 7.66. The molecular formula is C11H7Br3OS. The molecule has 5 heteroatoms. The summed E-state index contributed by atoms with van der Waals surface area (Å²) in [5, 5.41) is 0. The Labute approximate surface area is 123 Å². The van der Waals surface area contributed by atoms with Gasteiger partial charge in [-0.15, -0.1) is 11.3 Å². The Kier molecular flexibility index (Phi) is 4.47. The predicted molar refractivity (Wildman–Crippen MR) is 78.2 cm³/mol. The Bertz CT molecular complexity index is 475. The number of para-hydroxylation sites is 1. The van der Waals surface area contributed by atoms with E-state index < -0.39 is 0 Å². The topological polar surface area (TPSA) is 9.23 Å². The summed E-state index contributed by atoms with van der Waals surface area (Å²) in [6.45, 7) is 0.581. The van der Waals surface area contributed by atoms with Crippen molar-refractivity contribution in [2.24, 2.45) is 0 Å². The van der Waals surface area contributed by atoms with Crippen LogP contribution in [0.4, 0.5) is 0 Å². The summed E-state index contributed by atoms with van der Waals surface area (Å²) in [7, 11) is 0. The number of thiophene rings is 1. The van der Waals surface area contributed by atoms with Crippen molar-refractivity contribution in [3.8, 4) is 5.75 Å². The molecule has 0 radical (unpaired) electrons. The van der Waals surface area contributed by atoms with E-state index in [2.05, 4.69) is 53.9 Å². The molecule has 0 spiro atoms. The highest BCUT2D eigenvalue weighted by Gasteiger charge is 2.06. The molecule has 0 fully saturated rings. The maximum atomic E-state index is 5.76. The molecule has 0 N–H and O–H groups in total. The fourth-order valence-electron chi connectivity index (χ4n) is 1.19. The standard InChI is InChI=1S/C11H7Br3OS/c12-8-2-1-3-9(13)11(8)15-6-7-4-5-10(14)16-7/h1-5H,6H2. The summed E-state index contributed by atoms with van der Waals surface area (Å²) in [6.07, 6.45) is 0. The lowest BCUT2D eigenvalue weighted by Gasteiger charge is -2.08. The molecule has 0 atom stereocenters. The Morgan fingerprint density at radius 3 is 2.25 bits per heavy atom. The van der Waals surface area contributed by atoms with E-state index in [0.717, 1.165) is 18.5 Å². The highest BCUT2D eigenvalue weighted by atomic mass is 79.9. The molecule has 1 aromatic carbocycles. The Balaban J connectivity index is 2.10. The normalized spacial score (nSPS) is 10.4. The average molecular weight is 427 g/mol. The van der Waals surface area contributed by atoms with Crippen LogP contribution < -0.4 is 4.74 Å². The van der Waals surface area contributed by atoms with Gasteiger partial charge in [0.1, 0.15) is 12.4 Å². The molecule has 0 unspecified atom stereocenters. The monoisotopic (exact) mass is 424 g/mol. The van der Waals surface area contributed by atoms with Gasteiger partial charge in [0.2, 0.25) is 0 Å². The number of rotatable bonds is 3. The lowest BCUT2D eigenvalue weighted by atomic mass is 10.3. The van der Waals surface area contributed by atoms with Gasteiger partial charge >= 0.3 is 0 Å². The van der Waals surface area contributed by atoms with Gasteiger partial charge in [-0.2, -0.15) is 0 Å². The molecule has 1 heterocycles. The van der Waals surface area contributed by atoms with E-state index in [1.807, 2.05) is 24.3 Å². The second-order valence-corrected chi connectivity index (χ2v) is 7.30. The smallest absolute Gasteiger partial charge is 0.148 e. The van der Waals surface area contributed by atoms with Gasteiger partial charge in [-0.1, -0.05) is 6.07 Å². The van der Waals surface area contributed by atoms with E-state index in [-0.39, 0.29) is 0 Å². The quantitative estimate of drug-likeness (QED) is 0.619. The lowest BCUT2D eigenvalue weighted by molar-refractivity contribution is 0.306. The average Bonchev–Trinajstić information content (AvgIpc) is 2.63. The van der Waals surface area contributed by atoms with Crippen LogP contribution in [0.3, 0.4) is 0 Å². The zero-order chi connectivity index (χ0) is 11.5. The van der Waals surface area contributed by atoms with Gasteiger partial charge in [-0.3, -0.25) is 0 Å². The molecule has 2 aromatic rings. The minimum atomic E-state index is 0.581. The van der Waals surface area contributed by atoms with Crippen LogP contribution in [0, 0.1) is 0 Å². The van der Waals surface area contributed by atoms with Crippen LogP contribution in [0.5, 0.6) is 5.75 Å². The van der Waals surface area contributed by atoms with Crippen LogP contribution in [0.1, 0.15) is 4.88 Å². The summed E-state index contributed by atoms with van der Waals surface area (Å²) >= 11 is 12.0. The van der Waals surface area contributed by atoms with E-state index in [0.29, 0.717) is 6.61 Å². The lowest BCUT2D eigenvalue weighted by Crippen LogP contribution is -1.94. The summed E-state index contributed by atoms with van der Waals surface area (Å²) in [5.41, 5.74) is 0. The first-order valence-electron chi connectivity index (χ1n) is 4.48. The molecule has 16 heavy (non-hydrogen) atoms. The molecule has 0 aliphatic rings. The fraction of sp³-hybridized carbons (Fsp3) is 0.0909. The predicted octanol–water partition coefficient (Wildman–Crippen LogP) is 5.61. The third kappa shape index (κ3) is 3.09. The van der Waals surface area contributed by atoms with Crippen molar-refractivity contribution < 1.29 is 4.74 Å². The van der Waals surface area contributed by atoms with Gasteiger partial charge in [0.25, 0.3) is 0 Å². The Morgan fingerprint density at radius 1 is 1.00 bits per heavy atom. The molecule has 0 bridgehead atoms. The molecule has 84 valence electrons. The molecule has 0 aliphatic carbocycles. The van der Waals surface area contributed by atoms with Gasteiger partial charge in [0.05, 0.1) is 12.7 Å². The highest BCUT2D eigenvalue weighted by Crippen LogP contribution is 2.34. The number of hydrogen-bond acceptors (Lipinski definition) is 2. The van der Waals surface area contributed by atoms with E-state index in [9.17, 15) is 0 Å². The molecule has 0 aliphatic heterocycles. The van der Waals surface area contributed by atoms with Crippen LogP contribution in [0.2, 0.25) is 0 Å². The van der Waals surface area contributed by atoms with Crippen LogP contribution >= 0.6 is 59.1 Å². The highest BCUT2D eigenvalue weighted by molar-refractivity contribution is 9.11. The van der Waals surface area contributed by atoms with E-state index >= 15 is 0 Å². The number of benzene rings is 1. The van der Waals surface area contributed by atoms with Gasteiger partial charge in [0.15, 0.2) is 0 Å². The summed E-state index contributed by atoms with van der Waals surface area (Å²) in [4.78, 5) is 1.19. The molecule has 2 rings (SSSR count). The van der Waals surface area contributed by atoms with Crippen molar-refractivity contribution in [2.75, 3.05) is 0 Å². The van der Waals surface area contributed by atoms with Crippen molar-refractivity contribution in [3.63, 3.8) is 0 Å². The van der Waals surface area contributed by atoms with Crippen molar-refractivity contribution in [2.45, 2.75) is 6.61 Å². The number of hydrogen-bond donors (Lipinski definition) is 0. The van der Waals surface area contributed by atoms with E-state index in [1.54, 1.807) is 11.3 Å². The number of halogens is 3. The Morgan fingerprint density at radius 2 is 1.69 bits per heavy atom. The maximum absolute atomic E-state index is 5.76. The second-order valence-electron chi connectivity index (χ2n) is 3.05. The van der Waals surface area contributed by atoms with Gasteiger partial charge in [-0.25, -0.2) is 0 Å². The van der Waals surface area contributed by atoms with Crippen molar-refractivity contribution in [1.29, 1.82) is 0 Å². The first-order valence-corrected chi connectivity index (χ1v) is 7.67. The molecule has 1 aromatic heterocycles. The molecule has 0 saturated heterocycles. The van der Waals surface area contributed by atoms with Gasteiger partial charge in [0, 0.05) is 4.88 Å². The zero-order valence-corrected chi connectivity index (χ0v) is 13.6. The molecule has 1 nitrogen and oxygen atoms in total. The zero-order valence-electron chi connectivity index (χ0n) is 8.04. The first kappa shape index (κ1) is 12.6. The van der Waals surface area contributed by atoms with E-state index in [4.69, 9.17) is 4.74 Å². The fourth-order valence-corrected chi connectivity index (χ4v) is 3.82. The minimum Gasteiger partial charge on any atom is -0.486 e. The summed E-state index contributed by atoms with van der Waals surface area (Å²) in [5.74, 6) is 0.840. The van der Waals surface area contributed by atoms with Crippen molar-refractivity contribution >= 4 is 59.1 Å². The number of ether oxygens (including phenoxy) is 1. The Hall–Kier alpha value is 0.160. The van der Waals surface area contributed by atoms with Crippen LogP contribution in [-0.2, 0) is 6.61 Å².